The molecule has 0 bridgehead atoms. The Kier molecular flexibility index (Phi) is 13.5. The molecule has 3 aliphatic rings. The Bertz CT molecular complexity index is 2560. The second kappa shape index (κ2) is 18.7. The number of nitrogens with zero attached hydrogens (tertiary/aromatic N) is 6. The van der Waals surface area contributed by atoms with Crippen LogP contribution in [0.3, 0.4) is 0 Å². The molecule has 2 aliphatic heterocycles. The summed E-state index contributed by atoms with van der Waals surface area (Å²) >= 11 is 0. The minimum absolute atomic E-state index is 0.000515. The minimum atomic E-state index is -1.36. The van der Waals surface area contributed by atoms with Gasteiger partial charge in [-0.05, 0) is 98.6 Å². The number of aromatic nitrogens is 4. The van der Waals surface area contributed by atoms with E-state index >= 15 is 4.39 Å². The fourth-order valence-electron chi connectivity index (χ4n) is 9.30. The van der Waals surface area contributed by atoms with E-state index in [0.717, 1.165) is 69.5 Å². The summed E-state index contributed by atoms with van der Waals surface area (Å²) in [6, 6.07) is 21.4. The maximum absolute atomic E-state index is 15.9. The third-order valence-corrected chi connectivity index (χ3v) is 16.4. The molecule has 1 saturated carbocycles. The van der Waals surface area contributed by atoms with E-state index < -0.39 is 27.6 Å². The number of aryl methyl sites for hydroxylation is 1. The van der Waals surface area contributed by atoms with Crippen molar-refractivity contribution in [3.8, 4) is 28.4 Å². The molecule has 1 aliphatic carbocycles. The number of ether oxygens (including phenoxy) is 4. The van der Waals surface area contributed by atoms with Crippen molar-refractivity contribution in [2.24, 2.45) is 11.3 Å². The quantitative estimate of drug-likeness (QED) is 0.0669. The van der Waals surface area contributed by atoms with E-state index in [1.807, 2.05) is 72.8 Å². The van der Waals surface area contributed by atoms with Crippen molar-refractivity contribution in [2.45, 2.75) is 137 Å². The Morgan fingerprint density at radius 2 is 1.55 bits per heavy atom. The van der Waals surface area contributed by atoms with Crippen molar-refractivity contribution in [1.29, 1.82) is 0 Å². The lowest BCUT2D eigenvalue weighted by atomic mass is 9.57. The second-order valence-electron chi connectivity index (χ2n) is 22.2. The molecule has 0 atom stereocenters. The molecular formula is C51H69FN6O6Si2. The van der Waals surface area contributed by atoms with Gasteiger partial charge in [-0.1, -0.05) is 82.6 Å². The Morgan fingerprint density at radius 1 is 0.864 bits per heavy atom. The van der Waals surface area contributed by atoms with Crippen LogP contribution in [0.25, 0.3) is 33.5 Å². The maximum atomic E-state index is 15.9. The minimum Gasteiger partial charge on any atom is -0.486 e. The standard InChI is InChI=1S/C51H69FN6O6Si2/c1-11-36-24-45(63-30-35-15-13-12-14-16-35)41(52)25-40(36)37-17-18-39-43(23-37)58(34-62-20-22-66(8,9)10)54-46(39)47-53-42-28-55(29-44(42)57(47)33-61-19-21-65(5,6)7)48(59)38-26-51(27-38)31-56(32-51)49(60)64-50(2,3)4/h12-18,23-25,38H,11,19-22,26-34H2,1-10H3. The van der Waals surface area contributed by atoms with Gasteiger partial charge in [0.1, 0.15) is 31.4 Å². The van der Waals surface area contributed by atoms with E-state index in [1.54, 1.807) is 11.0 Å². The van der Waals surface area contributed by atoms with Gasteiger partial charge in [0.2, 0.25) is 5.91 Å². The number of carbonyl (C=O) groups is 2. The highest BCUT2D eigenvalue weighted by Gasteiger charge is 2.57. The van der Waals surface area contributed by atoms with E-state index in [9.17, 15) is 9.59 Å². The van der Waals surface area contributed by atoms with Crippen LogP contribution >= 0.6 is 0 Å². The van der Waals surface area contributed by atoms with Crippen LogP contribution in [0.4, 0.5) is 9.18 Å². The zero-order valence-electron chi connectivity index (χ0n) is 40.8. The molecule has 1 saturated heterocycles. The van der Waals surface area contributed by atoms with Gasteiger partial charge in [-0.25, -0.2) is 18.9 Å². The predicted octanol–water partition coefficient (Wildman–Crippen LogP) is 11.0. The van der Waals surface area contributed by atoms with Gasteiger partial charge in [-0.2, -0.15) is 5.10 Å². The molecule has 354 valence electrons. The molecule has 8 rings (SSSR count). The molecule has 2 aromatic heterocycles. The largest absolute Gasteiger partial charge is 0.486 e. The summed E-state index contributed by atoms with van der Waals surface area (Å²) in [5, 5.41) is 6.13. The number of fused-ring (bicyclic) bond motifs is 2. The average molecular weight is 937 g/mol. The molecule has 12 nitrogen and oxygen atoms in total. The zero-order chi connectivity index (χ0) is 47.2. The molecule has 0 radical (unpaired) electrons. The van der Waals surface area contributed by atoms with Gasteiger partial charge < -0.3 is 33.3 Å². The van der Waals surface area contributed by atoms with Crippen LogP contribution in [0.1, 0.15) is 63.1 Å². The van der Waals surface area contributed by atoms with Crippen molar-refractivity contribution < 1.29 is 32.9 Å². The number of hydrogen-bond acceptors (Lipinski definition) is 8. The third kappa shape index (κ3) is 10.8. The lowest BCUT2D eigenvalue weighted by Gasteiger charge is -2.58. The van der Waals surface area contributed by atoms with E-state index in [2.05, 4.69) is 62.9 Å². The first-order chi connectivity index (χ1) is 31.2. The first kappa shape index (κ1) is 47.6. The van der Waals surface area contributed by atoms with Crippen LogP contribution in [0.5, 0.6) is 5.75 Å². The summed E-state index contributed by atoms with van der Waals surface area (Å²) in [6.45, 7) is 25.9. The summed E-state index contributed by atoms with van der Waals surface area (Å²) in [5.74, 6) is 0.574. The van der Waals surface area contributed by atoms with Gasteiger partial charge in [0.05, 0.1) is 30.0 Å². The van der Waals surface area contributed by atoms with Crippen LogP contribution < -0.4 is 4.74 Å². The molecule has 1 spiro atoms. The first-order valence-corrected chi connectivity index (χ1v) is 31.1. The predicted molar refractivity (Wildman–Crippen MR) is 262 cm³/mol. The summed E-state index contributed by atoms with van der Waals surface area (Å²) in [5.41, 5.74) is 6.46. The molecule has 0 N–H and O–H groups in total. The summed E-state index contributed by atoms with van der Waals surface area (Å²) in [7, 11) is -2.71. The Hall–Kier alpha value is -4.84. The third-order valence-electron chi connectivity index (χ3n) is 13.0. The van der Waals surface area contributed by atoms with E-state index in [1.165, 1.54) is 0 Å². The van der Waals surface area contributed by atoms with Crippen LogP contribution in [0.15, 0.2) is 60.7 Å². The van der Waals surface area contributed by atoms with Crippen LogP contribution in [-0.4, -0.2) is 89.2 Å². The van der Waals surface area contributed by atoms with E-state index in [0.29, 0.717) is 57.3 Å². The van der Waals surface area contributed by atoms with Crippen molar-refractivity contribution in [2.75, 3.05) is 26.3 Å². The van der Waals surface area contributed by atoms with Crippen molar-refractivity contribution >= 4 is 39.1 Å². The van der Waals surface area contributed by atoms with Crippen LogP contribution in [0, 0.1) is 17.2 Å². The second-order valence-corrected chi connectivity index (χ2v) is 33.5. The molecule has 5 aromatic rings. The average Bonchev–Trinajstić information content (AvgIpc) is 3.89. The highest BCUT2D eigenvalue weighted by atomic mass is 28.3. The van der Waals surface area contributed by atoms with Gasteiger partial charge in [-0.3, -0.25) is 4.79 Å². The molecule has 3 aromatic carbocycles. The van der Waals surface area contributed by atoms with E-state index in [4.69, 9.17) is 29.0 Å². The monoisotopic (exact) mass is 936 g/mol. The summed E-state index contributed by atoms with van der Waals surface area (Å²) in [6.07, 6.45) is 1.95. The molecule has 15 heteroatoms. The number of hydrogen-bond donors (Lipinski definition) is 0. The number of rotatable bonds is 17. The fourth-order valence-corrected chi connectivity index (χ4v) is 10.8. The van der Waals surface area contributed by atoms with Gasteiger partial charge in [-0.15, -0.1) is 0 Å². The number of benzene rings is 3. The van der Waals surface area contributed by atoms with Crippen molar-refractivity contribution in [1.82, 2.24) is 29.1 Å². The molecular weight excluding hydrogens is 868 g/mol. The Morgan fingerprint density at radius 3 is 2.20 bits per heavy atom. The molecule has 4 heterocycles. The Labute approximate surface area is 391 Å². The summed E-state index contributed by atoms with van der Waals surface area (Å²) in [4.78, 5) is 35.6. The number of halogens is 1. The zero-order valence-corrected chi connectivity index (χ0v) is 42.8. The lowest BCUT2D eigenvalue weighted by molar-refractivity contribution is -0.153. The lowest BCUT2D eigenvalue weighted by Crippen LogP contribution is -2.65. The van der Waals surface area contributed by atoms with Crippen molar-refractivity contribution in [3.63, 3.8) is 0 Å². The normalized spacial score (nSPS) is 16.2. The maximum Gasteiger partial charge on any atom is 0.410 e. The number of imidazole rings is 1. The highest BCUT2D eigenvalue weighted by Crippen LogP contribution is 2.53. The fraction of sp³-hybridized carbons (Fsp3) is 0.529. The van der Waals surface area contributed by atoms with Crippen molar-refractivity contribution in [3.05, 3.63) is 89.0 Å². The highest BCUT2D eigenvalue weighted by molar-refractivity contribution is 6.76. The van der Waals surface area contributed by atoms with Crippen LogP contribution in [0.2, 0.25) is 51.4 Å². The van der Waals surface area contributed by atoms with Gasteiger partial charge in [0, 0.05) is 59.2 Å². The Balaban J connectivity index is 1.07. The van der Waals surface area contributed by atoms with E-state index in [-0.39, 0.29) is 49.2 Å². The molecule has 0 unspecified atom stereocenters. The SMILES string of the molecule is CCc1cc(OCc2ccccc2)c(F)cc1-c1ccc2c(-c3nc4c(n3COCC[Si](C)(C)C)CN(C(=O)C3CC5(C3)CN(C(=O)OC(C)(C)C)C5)C4)nn(COCC[Si](C)(C)C)c2c1. The van der Waals surface area contributed by atoms with Gasteiger partial charge >= 0.3 is 6.09 Å². The van der Waals surface area contributed by atoms with Crippen LogP contribution in [-0.2, 0) is 58.6 Å². The first-order valence-electron chi connectivity index (χ1n) is 23.7. The van der Waals surface area contributed by atoms with Gasteiger partial charge in [0.25, 0.3) is 0 Å². The number of likely N-dealkylation sites (tertiary alicyclic amines) is 1. The van der Waals surface area contributed by atoms with Gasteiger partial charge in [0.15, 0.2) is 17.4 Å². The summed E-state index contributed by atoms with van der Waals surface area (Å²) < 4.78 is 44.2. The number of carbonyl (C=O) groups excluding carboxylic acids is 2. The molecule has 2 fully saturated rings. The topological polar surface area (TPSA) is 113 Å². The molecule has 66 heavy (non-hydrogen) atoms. The smallest absolute Gasteiger partial charge is 0.410 e. The molecule has 2 amide bonds. The number of amides is 2.